The Hall–Kier alpha value is -1.56. The number of likely N-dealkylation sites (tertiary alicyclic amines) is 1. The van der Waals surface area contributed by atoms with Gasteiger partial charge in [-0.1, -0.05) is 18.9 Å². The van der Waals surface area contributed by atoms with Gasteiger partial charge in [0.05, 0.1) is 5.41 Å². The largest absolute Gasteiger partial charge is 0.355 e. The fourth-order valence-electron chi connectivity index (χ4n) is 4.26. The van der Waals surface area contributed by atoms with Crippen LogP contribution in [-0.4, -0.2) is 42.0 Å². The van der Waals surface area contributed by atoms with E-state index in [0.717, 1.165) is 58.2 Å². The van der Waals surface area contributed by atoms with Crippen molar-refractivity contribution in [2.45, 2.75) is 70.3 Å². The van der Waals surface area contributed by atoms with Gasteiger partial charge in [-0.05, 0) is 63.8 Å². The summed E-state index contributed by atoms with van der Waals surface area (Å²) >= 11 is 1.70. The van der Waals surface area contributed by atoms with Gasteiger partial charge in [-0.2, -0.15) is 0 Å². The van der Waals surface area contributed by atoms with E-state index in [9.17, 15) is 9.59 Å². The molecule has 2 aliphatic rings. The Labute approximate surface area is 166 Å². The maximum Gasteiger partial charge on any atom is 0.317 e. The first-order valence-corrected chi connectivity index (χ1v) is 11.1. The zero-order chi connectivity index (χ0) is 19.5. The number of carbonyl (C=O) groups is 2. The van der Waals surface area contributed by atoms with Crippen molar-refractivity contribution >= 4 is 23.3 Å². The van der Waals surface area contributed by atoms with Crippen LogP contribution in [0.1, 0.15) is 64.2 Å². The molecule has 3 amide bonds. The number of nitrogens with zero attached hydrogens (tertiary/aromatic N) is 1. The first kappa shape index (κ1) is 20.2. The van der Waals surface area contributed by atoms with Crippen LogP contribution in [0.3, 0.4) is 0 Å². The summed E-state index contributed by atoms with van der Waals surface area (Å²) in [4.78, 5) is 28.4. The standard InChI is InChI=1S/C21H33N3O2S/c1-20(2,3)23-19(26)24-12-8-16(9-13-24)15-22-18(25)21(10-4-5-11-21)17-7-6-14-27-17/h6-7,14,16H,4-5,8-13,15H2,1-3H3,(H,22,25)(H,23,26). The van der Waals surface area contributed by atoms with Crippen molar-refractivity contribution in [3.8, 4) is 0 Å². The molecule has 0 aromatic carbocycles. The number of thiophene rings is 1. The molecular formula is C21H33N3O2S. The lowest BCUT2D eigenvalue weighted by molar-refractivity contribution is -0.126. The van der Waals surface area contributed by atoms with Crippen LogP contribution < -0.4 is 10.6 Å². The van der Waals surface area contributed by atoms with Crippen LogP contribution in [0.5, 0.6) is 0 Å². The Balaban J connectivity index is 1.48. The predicted octanol–water partition coefficient (Wildman–Crippen LogP) is 3.90. The van der Waals surface area contributed by atoms with Gasteiger partial charge in [-0.3, -0.25) is 4.79 Å². The van der Waals surface area contributed by atoms with Gasteiger partial charge in [0.1, 0.15) is 0 Å². The minimum absolute atomic E-state index is 0.0209. The number of carbonyl (C=O) groups excluding carboxylic acids is 2. The number of piperidine rings is 1. The van der Waals surface area contributed by atoms with Crippen LogP contribution in [0.4, 0.5) is 4.79 Å². The fourth-order valence-corrected chi connectivity index (χ4v) is 5.24. The molecule has 2 heterocycles. The third-order valence-corrected chi connectivity index (χ3v) is 6.89. The van der Waals surface area contributed by atoms with E-state index >= 15 is 0 Å². The second kappa shape index (κ2) is 8.21. The number of rotatable bonds is 4. The predicted molar refractivity (Wildman–Crippen MR) is 110 cm³/mol. The van der Waals surface area contributed by atoms with Gasteiger partial charge in [0.15, 0.2) is 0 Å². The van der Waals surface area contributed by atoms with Crippen LogP contribution in [0, 0.1) is 5.92 Å². The SMILES string of the molecule is CC(C)(C)NC(=O)N1CCC(CNC(=O)C2(c3cccs3)CCCC2)CC1. The van der Waals surface area contributed by atoms with E-state index in [1.54, 1.807) is 11.3 Å². The van der Waals surface area contributed by atoms with Crippen LogP contribution in [0.2, 0.25) is 0 Å². The van der Waals surface area contributed by atoms with Crippen molar-refractivity contribution < 1.29 is 9.59 Å². The topological polar surface area (TPSA) is 61.4 Å². The van der Waals surface area contributed by atoms with Crippen molar-refractivity contribution in [3.63, 3.8) is 0 Å². The summed E-state index contributed by atoms with van der Waals surface area (Å²) in [5.41, 5.74) is -0.513. The molecule has 3 rings (SSSR count). The number of hydrogen-bond acceptors (Lipinski definition) is 3. The molecule has 0 bridgehead atoms. The summed E-state index contributed by atoms with van der Waals surface area (Å²) in [7, 11) is 0. The first-order chi connectivity index (χ1) is 12.8. The molecule has 1 saturated heterocycles. The molecule has 1 aromatic rings. The van der Waals surface area contributed by atoms with Gasteiger partial charge in [0, 0.05) is 30.1 Å². The van der Waals surface area contributed by atoms with Gasteiger partial charge in [-0.15, -0.1) is 11.3 Å². The van der Waals surface area contributed by atoms with Crippen molar-refractivity contribution in [1.82, 2.24) is 15.5 Å². The molecule has 0 spiro atoms. The molecule has 2 N–H and O–H groups in total. The molecule has 1 aliphatic heterocycles. The van der Waals surface area contributed by atoms with Crippen LogP contribution in [0.15, 0.2) is 17.5 Å². The quantitative estimate of drug-likeness (QED) is 0.818. The van der Waals surface area contributed by atoms with Crippen molar-refractivity contribution in [2.24, 2.45) is 5.92 Å². The maximum absolute atomic E-state index is 13.1. The Kier molecular flexibility index (Phi) is 6.14. The lowest BCUT2D eigenvalue weighted by Gasteiger charge is -2.35. The van der Waals surface area contributed by atoms with E-state index in [4.69, 9.17) is 0 Å². The highest BCUT2D eigenvalue weighted by Crippen LogP contribution is 2.43. The Bertz CT molecular complexity index is 637. The second-order valence-corrected chi connectivity index (χ2v) is 10.0. The summed E-state index contributed by atoms with van der Waals surface area (Å²) in [6.45, 7) is 8.25. The minimum atomic E-state index is -0.304. The highest BCUT2D eigenvalue weighted by Gasteiger charge is 2.43. The lowest BCUT2D eigenvalue weighted by atomic mass is 9.83. The van der Waals surface area contributed by atoms with E-state index in [1.807, 2.05) is 31.7 Å². The number of amides is 3. The van der Waals surface area contributed by atoms with Crippen LogP contribution in [0.25, 0.3) is 0 Å². The first-order valence-electron chi connectivity index (χ1n) is 10.2. The maximum atomic E-state index is 13.1. The second-order valence-electron chi connectivity index (χ2n) is 9.09. The highest BCUT2D eigenvalue weighted by atomic mass is 32.1. The zero-order valence-corrected chi connectivity index (χ0v) is 17.7. The summed E-state index contributed by atoms with van der Waals surface area (Å²) < 4.78 is 0. The third kappa shape index (κ3) is 4.84. The molecule has 150 valence electrons. The number of hydrogen-bond donors (Lipinski definition) is 2. The molecule has 1 aliphatic carbocycles. The monoisotopic (exact) mass is 391 g/mol. The molecular weight excluding hydrogens is 358 g/mol. The summed E-state index contributed by atoms with van der Waals surface area (Å²) in [6.07, 6.45) is 6.09. The van der Waals surface area contributed by atoms with E-state index in [-0.39, 0.29) is 22.9 Å². The van der Waals surface area contributed by atoms with Crippen LogP contribution >= 0.6 is 11.3 Å². The molecule has 1 aromatic heterocycles. The van der Waals surface area contributed by atoms with Crippen molar-refractivity contribution in [1.29, 1.82) is 0 Å². The van der Waals surface area contributed by atoms with Crippen molar-refractivity contribution in [2.75, 3.05) is 19.6 Å². The summed E-state index contributed by atoms with van der Waals surface area (Å²) in [5.74, 6) is 0.657. The smallest absolute Gasteiger partial charge is 0.317 e. The molecule has 2 fully saturated rings. The van der Waals surface area contributed by atoms with Gasteiger partial charge in [0.25, 0.3) is 0 Å². The summed E-state index contributed by atoms with van der Waals surface area (Å²) in [6, 6.07) is 4.18. The highest BCUT2D eigenvalue weighted by molar-refractivity contribution is 7.10. The molecule has 0 atom stereocenters. The molecule has 5 nitrogen and oxygen atoms in total. The van der Waals surface area contributed by atoms with E-state index in [2.05, 4.69) is 22.1 Å². The van der Waals surface area contributed by atoms with E-state index < -0.39 is 0 Å². The number of urea groups is 1. The summed E-state index contributed by atoms with van der Waals surface area (Å²) in [5, 5.41) is 8.35. The van der Waals surface area contributed by atoms with E-state index in [0.29, 0.717) is 5.92 Å². The van der Waals surface area contributed by atoms with Gasteiger partial charge in [-0.25, -0.2) is 4.79 Å². The average molecular weight is 392 g/mol. The normalized spacial score (nSPS) is 20.5. The van der Waals surface area contributed by atoms with Gasteiger partial charge < -0.3 is 15.5 Å². The Morgan fingerprint density at radius 3 is 2.44 bits per heavy atom. The van der Waals surface area contributed by atoms with Crippen LogP contribution in [-0.2, 0) is 10.2 Å². The molecule has 27 heavy (non-hydrogen) atoms. The fraction of sp³-hybridized carbons (Fsp3) is 0.714. The zero-order valence-electron chi connectivity index (χ0n) is 16.8. The molecule has 1 saturated carbocycles. The third-order valence-electron chi connectivity index (χ3n) is 5.82. The van der Waals surface area contributed by atoms with Gasteiger partial charge in [0.2, 0.25) is 5.91 Å². The Morgan fingerprint density at radius 2 is 1.89 bits per heavy atom. The molecule has 6 heteroatoms. The minimum Gasteiger partial charge on any atom is -0.355 e. The van der Waals surface area contributed by atoms with E-state index in [1.165, 1.54) is 4.88 Å². The Morgan fingerprint density at radius 1 is 1.22 bits per heavy atom. The van der Waals surface area contributed by atoms with Gasteiger partial charge >= 0.3 is 6.03 Å². The number of nitrogens with one attached hydrogen (secondary N) is 2. The molecule has 0 unspecified atom stereocenters. The van der Waals surface area contributed by atoms with Crippen molar-refractivity contribution in [3.05, 3.63) is 22.4 Å². The molecule has 0 radical (unpaired) electrons. The lowest BCUT2D eigenvalue weighted by Crippen LogP contribution is -2.51. The average Bonchev–Trinajstić information content (AvgIpc) is 3.30.